The second-order valence-electron chi connectivity index (χ2n) is 3.38. The summed E-state index contributed by atoms with van der Waals surface area (Å²) in [5.74, 6) is -2.20. The summed E-state index contributed by atoms with van der Waals surface area (Å²) in [6.45, 7) is 3.05. The van der Waals surface area contributed by atoms with Crippen molar-refractivity contribution >= 4 is 11.9 Å². The fraction of sp³-hybridized carbons (Fsp3) is 0.500. The van der Waals surface area contributed by atoms with Crippen LogP contribution in [-0.4, -0.2) is 17.7 Å². The Hall–Kier alpha value is -1.32. The lowest BCUT2D eigenvalue weighted by atomic mass is 10.0. The maximum Gasteiger partial charge on any atom is 0.334 e. The molecule has 0 amide bonds. The largest absolute Gasteiger partial charge is 0.422 e. The van der Waals surface area contributed by atoms with Gasteiger partial charge < -0.3 is 9.47 Å². The van der Waals surface area contributed by atoms with Crippen LogP contribution in [0.15, 0.2) is 12.2 Å². The lowest BCUT2D eigenvalue weighted by Crippen LogP contribution is -2.48. The summed E-state index contributed by atoms with van der Waals surface area (Å²) >= 11 is 0. The summed E-state index contributed by atoms with van der Waals surface area (Å²) < 4.78 is 9.75. The molecule has 2 rings (SSSR count). The highest BCUT2D eigenvalue weighted by Gasteiger charge is 2.59. The molecule has 0 atom stereocenters. The molecular weight excluding hydrogens is 160 g/mol. The van der Waals surface area contributed by atoms with E-state index in [9.17, 15) is 9.59 Å². The zero-order valence-corrected chi connectivity index (χ0v) is 6.79. The van der Waals surface area contributed by atoms with E-state index in [1.165, 1.54) is 26.0 Å². The molecule has 1 saturated heterocycles. The maximum absolute atomic E-state index is 11.2. The van der Waals surface area contributed by atoms with Crippen molar-refractivity contribution in [1.29, 1.82) is 0 Å². The lowest BCUT2D eigenvalue weighted by molar-refractivity contribution is -0.240. The van der Waals surface area contributed by atoms with E-state index in [2.05, 4.69) is 0 Å². The maximum atomic E-state index is 11.2. The van der Waals surface area contributed by atoms with E-state index in [4.69, 9.17) is 9.47 Å². The van der Waals surface area contributed by atoms with Gasteiger partial charge in [-0.1, -0.05) is 12.2 Å². The third kappa shape index (κ3) is 0.776. The molecule has 1 heterocycles. The summed E-state index contributed by atoms with van der Waals surface area (Å²) in [5.41, 5.74) is -1.17. The van der Waals surface area contributed by atoms with E-state index < -0.39 is 23.1 Å². The minimum Gasteiger partial charge on any atom is -0.422 e. The van der Waals surface area contributed by atoms with Crippen LogP contribution in [0.5, 0.6) is 0 Å². The molecule has 12 heavy (non-hydrogen) atoms. The molecule has 0 unspecified atom stereocenters. The Balaban J connectivity index is 2.27. The lowest BCUT2D eigenvalue weighted by Gasteiger charge is -2.33. The molecular formula is C8H8O4. The number of carbonyl (C=O) groups excluding carboxylic acids is 2. The average molecular weight is 168 g/mol. The Bertz CT molecular complexity index is 272. The van der Waals surface area contributed by atoms with Gasteiger partial charge in [-0.2, -0.15) is 0 Å². The molecule has 1 fully saturated rings. The molecule has 64 valence electrons. The van der Waals surface area contributed by atoms with Gasteiger partial charge in [-0.05, 0) is 0 Å². The fourth-order valence-electron chi connectivity index (χ4n) is 1.08. The average Bonchev–Trinajstić information content (AvgIpc) is 2.59. The molecule has 0 saturated carbocycles. The first-order chi connectivity index (χ1) is 5.46. The number of rotatable bonds is 0. The predicted molar refractivity (Wildman–Crippen MR) is 37.8 cm³/mol. The van der Waals surface area contributed by atoms with Gasteiger partial charge in [0.05, 0.1) is 0 Å². The SMILES string of the molecule is CC1(C)OC(=O)C2(C=C2)C(=O)O1. The normalized spacial score (nSPS) is 28.2. The van der Waals surface area contributed by atoms with Crippen LogP contribution >= 0.6 is 0 Å². The van der Waals surface area contributed by atoms with Crippen molar-refractivity contribution in [2.45, 2.75) is 19.6 Å². The van der Waals surface area contributed by atoms with Gasteiger partial charge >= 0.3 is 11.9 Å². The molecule has 0 aromatic carbocycles. The number of hydrogen-bond donors (Lipinski definition) is 0. The number of ether oxygens (including phenoxy) is 2. The molecule has 0 N–H and O–H groups in total. The third-order valence-corrected chi connectivity index (χ3v) is 1.85. The van der Waals surface area contributed by atoms with Gasteiger partial charge in [0.2, 0.25) is 5.41 Å². The molecule has 0 radical (unpaired) electrons. The summed E-state index contributed by atoms with van der Waals surface area (Å²) in [6.07, 6.45) is 2.96. The van der Waals surface area contributed by atoms with Crippen molar-refractivity contribution in [3.05, 3.63) is 12.2 Å². The highest BCUT2D eigenvalue weighted by molar-refractivity contribution is 6.10. The van der Waals surface area contributed by atoms with Gasteiger partial charge in [0.1, 0.15) is 0 Å². The fourth-order valence-corrected chi connectivity index (χ4v) is 1.08. The Kier molecular flexibility index (Phi) is 1.04. The first-order valence-corrected chi connectivity index (χ1v) is 3.64. The minimum atomic E-state index is -1.17. The molecule has 1 aliphatic carbocycles. The van der Waals surface area contributed by atoms with E-state index in [1.807, 2.05) is 0 Å². The van der Waals surface area contributed by atoms with E-state index >= 15 is 0 Å². The Morgan fingerprint density at radius 3 is 1.83 bits per heavy atom. The summed E-state index contributed by atoms with van der Waals surface area (Å²) in [7, 11) is 0. The van der Waals surface area contributed by atoms with E-state index in [0.29, 0.717) is 0 Å². The highest BCUT2D eigenvalue weighted by atomic mass is 16.7. The summed E-state index contributed by atoms with van der Waals surface area (Å²) in [6, 6.07) is 0. The predicted octanol–water partition coefficient (Wildman–Crippen LogP) is 0.379. The molecule has 1 spiro atoms. The van der Waals surface area contributed by atoms with Crippen LogP contribution in [0.1, 0.15) is 13.8 Å². The Morgan fingerprint density at radius 2 is 1.50 bits per heavy atom. The molecule has 2 aliphatic rings. The van der Waals surface area contributed by atoms with Crippen molar-refractivity contribution in [2.24, 2.45) is 5.41 Å². The van der Waals surface area contributed by atoms with Gasteiger partial charge in [0.15, 0.2) is 0 Å². The molecule has 0 aromatic rings. The summed E-state index contributed by atoms with van der Waals surface area (Å²) in [5, 5.41) is 0. The van der Waals surface area contributed by atoms with Crippen molar-refractivity contribution in [2.75, 3.05) is 0 Å². The zero-order valence-electron chi connectivity index (χ0n) is 6.79. The number of carbonyl (C=O) groups is 2. The van der Waals surface area contributed by atoms with Crippen molar-refractivity contribution < 1.29 is 19.1 Å². The van der Waals surface area contributed by atoms with Crippen LogP contribution in [0.4, 0.5) is 0 Å². The van der Waals surface area contributed by atoms with Crippen molar-refractivity contribution in [3.8, 4) is 0 Å². The van der Waals surface area contributed by atoms with Crippen LogP contribution < -0.4 is 0 Å². The quantitative estimate of drug-likeness (QED) is 0.298. The van der Waals surface area contributed by atoms with Crippen LogP contribution in [-0.2, 0) is 19.1 Å². The van der Waals surface area contributed by atoms with Gasteiger partial charge in [-0.25, -0.2) is 0 Å². The zero-order chi connectivity index (χ0) is 8.98. The second-order valence-corrected chi connectivity index (χ2v) is 3.38. The van der Waals surface area contributed by atoms with Gasteiger partial charge in [0, 0.05) is 13.8 Å². The van der Waals surface area contributed by atoms with Crippen LogP contribution in [0, 0.1) is 5.41 Å². The Morgan fingerprint density at radius 1 is 1.08 bits per heavy atom. The van der Waals surface area contributed by atoms with Gasteiger partial charge in [-0.15, -0.1) is 0 Å². The van der Waals surface area contributed by atoms with E-state index in [1.54, 1.807) is 0 Å². The van der Waals surface area contributed by atoms with Crippen LogP contribution in [0.25, 0.3) is 0 Å². The highest BCUT2D eigenvalue weighted by Crippen LogP contribution is 2.43. The molecule has 4 heteroatoms. The van der Waals surface area contributed by atoms with Crippen LogP contribution in [0.2, 0.25) is 0 Å². The van der Waals surface area contributed by atoms with Crippen LogP contribution in [0.3, 0.4) is 0 Å². The molecule has 0 bridgehead atoms. The molecule has 4 nitrogen and oxygen atoms in total. The minimum absolute atomic E-state index is 0.538. The van der Waals surface area contributed by atoms with E-state index in [0.717, 1.165) is 0 Å². The first-order valence-electron chi connectivity index (χ1n) is 3.64. The number of esters is 2. The number of hydrogen-bond acceptors (Lipinski definition) is 4. The third-order valence-electron chi connectivity index (χ3n) is 1.85. The van der Waals surface area contributed by atoms with Gasteiger partial charge in [0.25, 0.3) is 5.79 Å². The van der Waals surface area contributed by atoms with Crippen molar-refractivity contribution in [3.63, 3.8) is 0 Å². The second kappa shape index (κ2) is 1.71. The molecule has 0 aromatic heterocycles. The number of cyclic esters (lactones) is 2. The topological polar surface area (TPSA) is 52.6 Å². The monoisotopic (exact) mass is 168 g/mol. The molecule has 1 aliphatic heterocycles. The van der Waals surface area contributed by atoms with E-state index in [-0.39, 0.29) is 0 Å². The van der Waals surface area contributed by atoms with Gasteiger partial charge in [-0.3, -0.25) is 9.59 Å². The first kappa shape index (κ1) is 7.34. The summed E-state index contributed by atoms with van der Waals surface area (Å²) in [4.78, 5) is 22.4. The standard InChI is InChI=1S/C8H8O4/c1-7(2)11-5(9)8(3-4-8)6(10)12-7/h3-4H,1-2H3. The Labute approximate surface area is 69.1 Å². The smallest absolute Gasteiger partial charge is 0.334 e. The van der Waals surface area contributed by atoms with Crippen molar-refractivity contribution in [1.82, 2.24) is 0 Å².